The summed E-state index contributed by atoms with van der Waals surface area (Å²) in [6.07, 6.45) is 4.05. The van der Waals surface area contributed by atoms with Gasteiger partial charge in [0.1, 0.15) is 18.2 Å². The van der Waals surface area contributed by atoms with Crippen LogP contribution in [0.2, 0.25) is 0 Å². The van der Waals surface area contributed by atoms with Crippen molar-refractivity contribution in [1.29, 1.82) is 5.26 Å². The lowest BCUT2D eigenvalue weighted by Crippen LogP contribution is -2.26. The van der Waals surface area contributed by atoms with Crippen LogP contribution in [0, 0.1) is 11.3 Å². The SMILES string of the molecule is CN(CCOc1nnccc1C#N)C1CC1. The van der Waals surface area contributed by atoms with E-state index in [-0.39, 0.29) is 0 Å². The molecule has 0 atom stereocenters. The van der Waals surface area contributed by atoms with Crippen LogP contribution in [-0.4, -0.2) is 41.3 Å². The molecule has 1 heterocycles. The molecule has 84 valence electrons. The van der Waals surface area contributed by atoms with Crippen molar-refractivity contribution >= 4 is 0 Å². The Kier molecular flexibility index (Phi) is 3.32. The average Bonchev–Trinajstić information content (AvgIpc) is 3.13. The van der Waals surface area contributed by atoms with E-state index < -0.39 is 0 Å². The first-order chi connectivity index (χ1) is 7.81. The van der Waals surface area contributed by atoms with Gasteiger partial charge in [0.05, 0.1) is 6.20 Å². The maximum absolute atomic E-state index is 8.82. The second-order valence-electron chi connectivity index (χ2n) is 3.92. The van der Waals surface area contributed by atoms with Crippen LogP contribution >= 0.6 is 0 Å². The van der Waals surface area contributed by atoms with Gasteiger partial charge in [-0.15, -0.1) is 5.10 Å². The van der Waals surface area contributed by atoms with E-state index in [1.165, 1.54) is 19.0 Å². The van der Waals surface area contributed by atoms with E-state index in [0.717, 1.165) is 12.6 Å². The van der Waals surface area contributed by atoms with Crippen LogP contribution in [0.3, 0.4) is 0 Å². The van der Waals surface area contributed by atoms with Gasteiger partial charge in [-0.1, -0.05) is 0 Å². The van der Waals surface area contributed by atoms with Gasteiger partial charge in [0, 0.05) is 12.6 Å². The molecular weight excluding hydrogens is 204 g/mol. The van der Waals surface area contributed by atoms with Crippen molar-refractivity contribution in [2.45, 2.75) is 18.9 Å². The van der Waals surface area contributed by atoms with E-state index in [0.29, 0.717) is 18.1 Å². The fraction of sp³-hybridized carbons (Fsp3) is 0.545. The summed E-state index contributed by atoms with van der Waals surface area (Å²) in [5.74, 6) is 0.328. The van der Waals surface area contributed by atoms with Crippen LogP contribution in [0.25, 0.3) is 0 Å². The molecule has 2 rings (SSSR count). The summed E-state index contributed by atoms with van der Waals surface area (Å²) < 4.78 is 5.44. The van der Waals surface area contributed by atoms with E-state index in [4.69, 9.17) is 10.00 Å². The molecule has 5 nitrogen and oxygen atoms in total. The van der Waals surface area contributed by atoms with E-state index in [2.05, 4.69) is 22.1 Å². The van der Waals surface area contributed by atoms with Gasteiger partial charge in [-0.25, -0.2) is 0 Å². The van der Waals surface area contributed by atoms with Crippen LogP contribution in [0.5, 0.6) is 5.88 Å². The minimum Gasteiger partial charge on any atom is -0.474 e. The molecule has 1 aliphatic rings. The van der Waals surface area contributed by atoms with E-state index in [1.807, 2.05) is 6.07 Å². The molecule has 0 amide bonds. The van der Waals surface area contributed by atoms with Crippen LogP contribution in [-0.2, 0) is 0 Å². The van der Waals surface area contributed by atoms with E-state index in [9.17, 15) is 0 Å². The lowest BCUT2D eigenvalue weighted by atomic mass is 10.3. The average molecular weight is 218 g/mol. The number of hydrogen-bond donors (Lipinski definition) is 0. The lowest BCUT2D eigenvalue weighted by molar-refractivity contribution is 0.224. The van der Waals surface area contributed by atoms with Gasteiger partial charge < -0.3 is 9.64 Å². The molecule has 1 aromatic heterocycles. The zero-order valence-electron chi connectivity index (χ0n) is 9.26. The Morgan fingerprint density at radius 3 is 3.12 bits per heavy atom. The molecule has 0 N–H and O–H groups in total. The number of nitriles is 1. The van der Waals surface area contributed by atoms with Crippen LogP contribution in [0.1, 0.15) is 18.4 Å². The van der Waals surface area contributed by atoms with Gasteiger partial charge in [0.25, 0.3) is 5.88 Å². The second-order valence-corrected chi connectivity index (χ2v) is 3.92. The topological polar surface area (TPSA) is 62.0 Å². The largest absolute Gasteiger partial charge is 0.474 e. The van der Waals surface area contributed by atoms with Gasteiger partial charge in [0.2, 0.25) is 0 Å². The third-order valence-electron chi connectivity index (χ3n) is 2.66. The molecule has 1 fully saturated rings. The molecule has 0 radical (unpaired) electrons. The highest BCUT2D eigenvalue weighted by Gasteiger charge is 2.25. The van der Waals surface area contributed by atoms with E-state index >= 15 is 0 Å². The number of likely N-dealkylation sites (N-methyl/N-ethyl adjacent to an activating group) is 1. The first-order valence-electron chi connectivity index (χ1n) is 5.36. The third kappa shape index (κ3) is 2.67. The van der Waals surface area contributed by atoms with Crippen molar-refractivity contribution in [2.75, 3.05) is 20.2 Å². The molecule has 1 saturated carbocycles. The van der Waals surface area contributed by atoms with Crippen LogP contribution in [0.4, 0.5) is 0 Å². The molecule has 1 aromatic rings. The highest BCUT2D eigenvalue weighted by Crippen LogP contribution is 2.24. The summed E-state index contributed by atoms with van der Waals surface area (Å²) in [6.45, 7) is 1.40. The number of nitrogens with zero attached hydrogens (tertiary/aromatic N) is 4. The molecule has 0 bridgehead atoms. The molecule has 5 heteroatoms. The standard InChI is InChI=1S/C11H14N4O/c1-15(10-2-3-10)6-7-16-11-9(8-12)4-5-13-14-11/h4-5,10H,2-3,6-7H2,1H3. The minimum atomic E-state index is 0.328. The zero-order valence-corrected chi connectivity index (χ0v) is 9.26. The predicted octanol–water partition coefficient (Wildman–Crippen LogP) is 0.821. The highest BCUT2D eigenvalue weighted by atomic mass is 16.5. The first-order valence-corrected chi connectivity index (χ1v) is 5.36. The monoisotopic (exact) mass is 218 g/mol. The van der Waals surface area contributed by atoms with Crippen molar-refractivity contribution in [2.24, 2.45) is 0 Å². The zero-order chi connectivity index (χ0) is 11.4. The Hall–Kier alpha value is -1.67. The van der Waals surface area contributed by atoms with Crippen molar-refractivity contribution < 1.29 is 4.74 Å². The van der Waals surface area contributed by atoms with Crippen LogP contribution in [0.15, 0.2) is 12.3 Å². The van der Waals surface area contributed by atoms with Gasteiger partial charge in [-0.3, -0.25) is 0 Å². The van der Waals surface area contributed by atoms with Gasteiger partial charge >= 0.3 is 0 Å². The number of aromatic nitrogens is 2. The summed E-state index contributed by atoms with van der Waals surface area (Å²) in [6, 6.07) is 4.35. The molecule has 0 spiro atoms. The summed E-state index contributed by atoms with van der Waals surface area (Å²) in [5, 5.41) is 16.3. The smallest absolute Gasteiger partial charge is 0.251 e. The number of rotatable bonds is 5. The maximum Gasteiger partial charge on any atom is 0.251 e. The van der Waals surface area contributed by atoms with Gasteiger partial charge in [-0.2, -0.15) is 10.4 Å². The fourth-order valence-electron chi connectivity index (χ4n) is 1.49. The molecule has 1 aliphatic carbocycles. The maximum atomic E-state index is 8.82. The normalized spacial score (nSPS) is 14.8. The highest BCUT2D eigenvalue weighted by molar-refractivity contribution is 5.35. The summed E-state index contributed by atoms with van der Waals surface area (Å²) in [5.41, 5.74) is 0.434. The minimum absolute atomic E-state index is 0.328. The van der Waals surface area contributed by atoms with Gasteiger partial charge in [0.15, 0.2) is 0 Å². The fourth-order valence-corrected chi connectivity index (χ4v) is 1.49. The summed E-state index contributed by atoms with van der Waals surface area (Å²) >= 11 is 0. The second kappa shape index (κ2) is 4.90. The van der Waals surface area contributed by atoms with Crippen molar-refractivity contribution in [1.82, 2.24) is 15.1 Å². The molecule has 0 saturated heterocycles. The van der Waals surface area contributed by atoms with Crippen molar-refractivity contribution in [3.8, 4) is 11.9 Å². The van der Waals surface area contributed by atoms with Crippen molar-refractivity contribution in [3.63, 3.8) is 0 Å². The Labute approximate surface area is 94.7 Å². The third-order valence-corrected chi connectivity index (χ3v) is 2.66. The molecule has 0 aliphatic heterocycles. The molecule has 0 unspecified atom stereocenters. The Balaban J connectivity index is 1.82. The lowest BCUT2D eigenvalue weighted by Gasteiger charge is -2.15. The Bertz CT molecular complexity index is 397. The summed E-state index contributed by atoms with van der Waals surface area (Å²) in [7, 11) is 2.09. The number of hydrogen-bond acceptors (Lipinski definition) is 5. The van der Waals surface area contributed by atoms with Crippen LogP contribution < -0.4 is 4.74 Å². The van der Waals surface area contributed by atoms with Crippen molar-refractivity contribution in [3.05, 3.63) is 17.8 Å². The number of ether oxygens (including phenoxy) is 1. The van der Waals surface area contributed by atoms with E-state index in [1.54, 1.807) is 6.07 Å². The first kappa shape index (κ1) is 10.8. The Morgan fingerprint density at radius 2 is 2.44 bits per heavy atom. The molecular formula is C11H14N4O. The predicted molar refractivity (Wildman–Crippen MR) is 57.9 cm³/mol. The molecule has 16 heavy (non-hydrogen) atoms. The van der Waals surface area contributed by atoms with Gasteiger partial charge in [-0.05, 0) is 26.0 Å². The quantitative estimate of drug-likeness (QED) is 0.732. The Morgan fingerprint density at radius 1 is 1.62 bits per heavy atom. The summed E-state index contributed by atoms with van der Waals surface area (Å²) in [4.78, 5) is 2.27. The molecule has 0 aromatic carbocycles.